The van der Waals surface area contributed by atoms with E-state index in [0.29, 0.717) is 17.7 Å². The van der Waals surface area contributed by atoms with E-state index in [1.807, 2.05) is 13.8 Å². The van der Waals surface area contributed by atoms with Gasteiger partial charge in [-0.05, 0) is 57.9 Å². The third-order valence-electron chi connectivity index (χ3n) is 3.81. The van der Waals surface area contributed by atoms with Gasteiger partial charge in [0, 0.05) is 29.3 Å². The summed E-state index contributed by atoms with van der Waals surface area (Å²) in [5.74, 6) is -1.05. The van der Waals surface area contributed by atoms with Gasteiger partial charge in [0.25, 0.3) is 5.91 Å². The first kappa shape index (κ1) is 20.5. The largest absolute Gasteiger partial charge is 0.481 e. The van der Waals surface area contributed by atoms with Gasteiger partial charge in [-0.15, -0.1) is 0 Å². The Bertz CT molecular complexity index is 611. The van der Waals surface area contributed by atoms with Crippen molar-refractivity contribution in [2.45, 2.75) is 58.5 Å². The van der Waals surface area contributed by atoms with Crippen LogP contribution in [0.15, 0.2) is 24.3 Å². The fourth-order valence-electron chi connectivity index (χ4n) is 2.07. The topological polar surface area (TPSA) is 108 Å². The summed E-state index contributed by atoms with van der Waals surface area (Å²) in [5, 5.41) is 17.0. The van der Waals surface area contributed by atoms with Gasteiger partial charge >= 0.3 is 12.0 Å². The molecule has 1 atom stereocenters. The van der Waals surface area contributed by atoms with Gasteiger partial charge in [-0.2, -0.15) is 0 Å². The van der Waals surface area contributed by atoms with Gasteiger partial charge in [0.15, 0.2) is 0 Å². The van der Waals surface area contributed by atoms with E-state index in [0.717, 1.165) is 6.42 Å². The van der Waals surface area contributed by atoms with E-state index >= 15 is 0 Å². The van der Waals surface area contributed by atoms with Crippen molar-refractivity contribution < 1.29 is 19.5 Å². The van der Waals surface area contributed by atoms with Crippen molar-refractivity contribution in [2.24, 2.45) is 0 Å². The Morgan fingerprint density at radius 2 is 1.76 bits per heavy atom. The average Bonchev–Trinajstić information content (AvgIpc) is 2.53. The standard InChI is InChI=1S/C18H27N3O4/c1-5-12(2)19-16(24)13-6-8-14(9-7-13)20-17(25)21-18(3,4)11-10-15(22)23/h6-9,12H,5,10-11H2,1-4H3,(H,19,24)(H,22,23)(H2,20,21,25). The van der Waals surface area contributed by atoms with Crippen LogP contribution in [-0.2, 0) is 4.79 Å². The van der Waals surface area contributed by atoms with Crippen molar-refractivity contribution in [1.82, 2.24) is 10.6 Å². The second-order valence-electron chi connectivity index (χ2n) is 6.72. The number of carboxylic acid groups (broad SMARTS) is 1. The summed E-state index contributed by atoms with van der Waals surface area (Å²) in [4.78, 5) is 34.7. The minimum Gasteiger partial charge on any atom is -0.481 e. The molecule has 3 amide bonds. The maximum atomic E-state index is 12.0. The minimum absolute atomic E-state index is 0.0206. The molecule has 0 saturated heterocycles. The van der Waals surface area contributed by atoms with Crippen LogP contribution in [0, 0.1) is 0 Å². The molecule has 0 radical (unpaired) electrons. The number of carbonyl (C=O) groups excluding carboxylic acids is 2. The lowest BCUT2D eigenvalue weighted by Crippen LogP contribution is -2.45. The molecule has 0 spiro atoms. The molecule has 1 rings (SSSR count). The Labute approximate surface area is 148 Å². The summed E-state index contributed by atoms with van der Waals surface area (Å²) >= 11 is 0. The fourth-order valence-corrected chi connectivity index (χ4v) is 2.07. The molecule has 7 heteroatoms. The molecule has 1 aromatic carbocycles. The number of anilines is 1. The Morgan fingerprint density at radius 1 is 1.16 bits per heavy atom. The number of amides is 3. The normalized spacial score (nSPS) is 12.2. The average molecular weight is 349 g/mol. The highest BCUT2D eigenvalue weighted by Crippen LogP contribution is 2.13. The first-order chi connectivity index (χ1) is 11.6. The second kappa shape index (κ2) is 9.05. The number of hydrogen-bond acceptors (Lipinski definition) is 3. The molecule has 138 valence electrons. The predicted octanol–water partition coefficient (Wildman–Crippen LogP) is 2.98. The van der Waals surface area contributed by atoms with E-state index in [2.05, 4.69) is 16.0 Å². The van der Waals surface area contributed by atoms with Gasteiger partial charge in [0.05, 0.1) is 0 Å². The van der Waals surface area contributed by atoms with Crippen LogP contribution in [0.3, 0.4) is 0 Å². The van der Waals surface area contributed by atoms with E-state index in [9.17, 15) is 14.4 Å². The van der Waals surface area contributed by atoms with Crippen LogP contribution in [0.4, 0.5) is 10.5 Å². The van der Waals surface area contributed by atoms with Crippen LogP contribution in [0.25, 0.3) is 0 Å². The molecule has 1 aromatic rings. The predicted molar refractivity (Wildman–Crippen MR) is 96.8 cm³/mol. The van der Waals surface area contributed by atoms with Crippen molar-refractivity contribution in [2.75, 3.05) is 5.32 Å². The van der Waals surface area contributed by atoms with E-state index < -0.39 is 17.5 Å². The molecule has 0 aliphatic carbocycles. The van der Waals surface area contributed by atoms with Crippen molar-refractivity contribution in [3.63, 3.8) is 0 Å². The summed E-state index contributed by atoms with van der Waals surface area (Å²) in [6.07, 6.45) is 1.15. The lowest BCUT2D eigenvalue weighted by atomic mass is 9.99. The van der Waals surface area contributed by atoms with Gasteiger partial charge in [-0.3, -0.25) is 9.59 Å². The smallest absolute Gasteiger partial charge is 0.319 e. The summed E-state index contributed by atoms with van der Waals surface area (Å²) in [6.45, 7) is 7.45. The third kappa shape index (κ3) is 7.69. The van der Waals surface area contributed by atoms with Crippen molar-refractivity contribution in [3.8, 4) is 0 Å². The number of rotatable bonds is 8. The molecule has 0 heterocycles. The summed E-state index contributed by atoms with van der Waals surface area (Å²) in [5.41, 5.74) is 0.429. The van der Waals surface area contributed by atoms with Gasteiger partial charge in [-0.1, -0.05) is 6.92 Å². The maximum Gasteiger partial charge on any atom is 0.319 e. The van der Waals surface area contributed by atoms with Crippen LogP contribution in [0.1, 0.15) is 57.3 Å². The molecule has 0 aromatic heterocycles. The van der Waals surface area contributed by atoms with Crippen molar-refractivity contribution in [1.29, 1.82) is 0 Å². The molecule has 0 saturated carbocycles. The highest BCUT2D eigenvalue weighted by molar-refractivity contribution is 5.95. The van der Waals surface area contributed by atoms with Gasteiger partial charge in [0.1, 0.15) is 0 Å². The van der Waals surface area contributed by atoms with Crippen LogP contribution in [0.5, 0.6) is 0 Å². The minimum atomic E-state index is -0.901. The fraction of sp³-hybridized carbons (Fsp3) is 0.500. The molecule has 25 heavy (non-hydrogen) atoms. The number of benzene rings is 1. The number of hydrogen-bond donors (Lipinski definition) is 4. The molecule has 0 aliphatic heterocycles. The van der Waals surface area contributed by atoms with Gasteiger partial charge in [-0.25, -0.2) is 4.79 Å². The number of urea groups is 1. The van der Waals surface area contributed by atoms with E-state index in [1.54, 1.807) is 38.1 Å². The molecule has 0 fully saturated rings. The first-order valence-corrected chi connectivity index (χ1v) is 8.35. The zero-order valence-electron chi connectivity index (χ0n) is 15.2. The zero-order chi connectivity index (χ0) is 19.0. The molecular formula is C18H27N3O4. The Morgan fingerprint density at radius 3 is 2.28 bits per heavy atom. The highest BCUT2D eigenvalue weighted by atomic mass is 16.4. The molecule has 0 aliphatic rings. The molecular weight excluding hydrogens is 322 g/mol. The summed E-state index contributed by atoms with van der Waals surface area (Å²) < 4.78 is 0. The maximum absolute atomic E-state index is 12.0. The lowest BCUT2D eigenvalue weighted by molar-refractivity contribution is -0.137. The molecule has 4 N–H and O–H groups in total. The van der Waals surface area contributed by atoms with Crippen molar-refractivity contribution in [3.05, 3.63) is 29.8 Å². The number of aliphatic carboxylic acids is 1. The highest BCUT2D eigenvalue weighted by Gasteiger charge is 2.21. The number of nitrogens with one attached hydrogen (secondary N) is 3. The molecule has 7 nitrogen and oxygen atoms in total. The zero-order valence-corrected chi connectivity index (χ0v) is 15.2. The van der Waals surface area contributed by atoms with Crippen LogP contribution >= 0.6 is 0 Å². The first-order valence-electron chi connectivity index (χ1n) is 8.35. The van der Waals surface area contributed by atoms with Crippen LogP contribution in [-0.4, -0.2) is 34.6 Å². The third-order valence-corrected chi connectivity index (χ3v) is 3.81. The number of carboxylic acids is 1. The van der Waals surface area contributed by atoms with Gasteiger partial charge in [0.2, 0.25) is 0 Å². The van der Waals surface area contributed by atoms with E-state index in [-0.39, 0.29) is 18.4 Å². The Balaban J connectivity index is 2.58. The SMILES string of the molecule is CCC(C)NC(=O)c1ccc(NC(=O)NC(C)(C)CCC(=O)O)cc1. The Hall–Kier alpha value is -2.57. The van der Waals surface area contributed by atoms with Crippen LogP contribution < -0.4 is 16.0 Å². The van der Waals surface area contributed by atoms with E-state index in [4.69, 9.17) is 5.11 Å². The molecule has 0 bridgehead atoms. The number of carbonyl (C=O) groups is 3. The quantitative estimate of drug-likeness (QED) is 0.578. The Kier molecular flexibility index (Phi) is 7.42. The lowest BCUT2D eigenvalue weighted by Gasteiger charge is -2.25. The summed E-state index contributed by atoms with van der Waals surface area (Å²) in [7, 11) is 0. The monoisotopic (exact) mass is 349 g/mol. The van der Waals surface area contributed by atoms with Crippen LogP contribution in [0.2, 0.25) is 0 Å². The summed E-state index contributed by atoms with van der Waals surface area (Å²) in [6, 6.07) is 6.26. The van der Waals surface area contributed by atoms with Gasteiger partial charge < -0.3 is 21.1 Å². The second-order valence-corrected chi connectivity index (χ2v) is 6.72. The van der Waals surface area contributed by atoms with E-state index in [1.165, 1.54) is 0 Å². The molecule has 1 unspecified atom stereocenters. The van der Waals surface area contributed by atoms with Crippen molar-refractivity contribution >= 4 is 23.6 Å².